The van der Waals surface area contributed by atoms with Crippen molar-refractivity contribution in [1.29, 1.82) is 0 Å². The summed E-state index contributed by atoms with van der Waals surface area (Å²) in [5, 5.41) is 3.13. The molecule has 0 heterocycles. The van der Waals surface area contributed by atoms with E-state index in [1.54, 1.807) is 6.07 Å². The average molecular weight is 248 g/mol. The third-order valence-electron chi connectivity index (χ3n) is 2.58. The summed E-state index contributed by atoms with van der Waals surface area (Å²) >= 11 is 0. The van der Waals surface area contributed by atoms with Gasteiger partial charge in [-0.15, -0.1) is 12.3 Å². The molecule has 0 aliphatic carbocycles. The highest BCUT2D eigenvalue weighted by atomic mass is 19.1. The van der Waals surface area contributed by atoms with E-state index in [0.29, 0.717) is 12.1 Å². The molecule has 1 aromatic rings. The topological polar surface area (TPSA) is 55.1 Å². The molecule has 0 radical (unpaired) electrons. The molecule has 0 fully saturated rings. The molecule has 18 heavy (non-hydrogen) atoms. The number of halogens is 1. The Morgan fingerprint density at radius 3 is 2.83 bits per heavy atom. The Morgan fingerprint density at radius 2 is 2.22 bits per heavy atom. The smallest absolute Gasteiger partial charge is 0.248 e. The SMILES string of the molecule is C#CCCCCNCc1ccc(C(N)=O)cc1F. The normalized spacial score (nSPS) is 10.0. The van der Waals surface area contributed by atoms with Crippen LogP contribution in [0.25, 0.3) is 0 Å². The van der Waals surface area contributed by atoms with Crippen LogP contribution in [0.1, 0.15) is 35.2 Å². The summed E-state index contributed by atoms with van der Waals surface area (Å²) in [5.41, 5.74) is 5.77. The highest BCUT2D eigenvalue weighted by Gasteiger charge is 2.06. The Kier molecular flexibility index (Phi) is 5.89. The van der Waals surface area contributed by atoms with Crippen LogP contribution in [0.3, 0.4) is 0 Å². The molecule has 0 aliphatic rings. The summed E-state index contributed by atoms with van der Waals surface area (Å²) in [4.78, 5) is 10.8. The Morgan fingerprint density at radius 1 is 1.44 bits per heavy atom. The molecule has 4 heteroatoms. The fourth-order valence-electron chi connectivity index (χ4n) is 1.54. The minimum Gasteiger partial charge on any atom is -0.366 e. The first-order valence-corrected chi connectivity index (χ1v) is 5.87. The molecule has 0 bridgehead atoms. The van der Waals surface area contributed by atoms with Crippen LogP contribution in [0, 0.1) is 18.2 Å². The number of amides is 1. The molecule has 3 nitrogen and oxygen atoms in total. The highest BCUT2D eigenvalue weighted by molar-refractivity contribution is 5.92. The lowest BCUT2D eigenvalue weighted by molar-refractivity contribution is 0.1000. The maximum absolute atomic E-state index is 13.6. The lowest BCUT2D eigenvalue weighted by Crippen LogP contribution is -2.16. The summed E-state index contributed by atoms with van der Waals surface area (Å²) in [5.74, 6) is 1.53. The van der Waals surface area contributed by atoms with E-state index in [1.165, 1.54) is 6.07 Å². The van der Waals surface area contributed by atoms with Crippen LogP contribution < -0.4 is 11.1 Å². The Balaban J connectivity index is 2.39. The number of terminal acetylenes is 1. The van der Waals surface area contributed by atoms with E-state index in [0.717, 1.165) is 31.9 Å². The Hall–Kier alpha value is -1.86. The monoisotopic (exact) mass is 248 g/mol. The van der Waals surface area contributed by atoms with E-state index in [2.05, 4.69) is 11.2 Å². The summed E-state index contributed by atoms with van der Waals surface area (Å²) in [6.07, 6.45) is 7.83. The van der Waals surface area contributed by atoms with Crippen molar-refractivity contribution in [2.45, 2.75) is 25.8 Å². The lowest BCUT2D eigenvalue weighted by Gasteiger charge is -2.06. The van der Waals surface area contributed by atoms with Gasteiger partial charge in [0.1, 0.15) is 5.82 Å². The standard InChI is InChI=1S/C14H17FN2O/c1-2-3-4-5-8-17-10-12-7-6-11(14(16)18)9-13(12)15/h1,6-7,9,17H,3-5,8,10H2,(H2,16,18). The molecule has 0 aromatic heterocycles. The predicted molar refractivity (Wildman–Crippen MR) is 69.3 cm³/mol. The Bertz CT molecular complexity index is 452. The van der Waals surface area contributed by atoms with Crippen molar-refractivity contribution in [3.05, 3.63) is 35.1 Å². The van der Waals surface area contributed by atoms with E-state index >= 15 is 0 Å². The third-order valence-corrected chi connectivity index (χ3v) is 2.58. The van der Waals surface area contributed by atoms with Gasteiger partial charge in [-0.25, -0.2) is 4.39 Å². The number of hydrogen-bond acceptors (Lipinski definition) is 2. The molecule has 1 rings (SSSR count). The largest absolute Gasteiger partial charge is 0.366 e. The van der Waals surface area contributed by atoms with E-state index < -0.39 is 11.7 Å². The van der Waals surface area contributed by atoms with Gasteiger partial charge in [-0.3, -0.25) is 4.79 Å². The van der Waals surface area contributed by atoms with Crippen LogP contribution in [0.5, 0.6) is 0 Å². The molecule has 0 aliphatic heterocycles. The zero-order chi connectivity index (χ0) is 13.4. The van der Waals surface area contributed by atoms with Crippen molar-refractivity contribution in [3.63, 3.8) is 0 Å². The molecule has 1 amide bonds. The molecule has 0 unspecified atom stereocenters. The van der Waals surface area contributed by atoms with Crippen LogP contribution in [-0.4, -0.2) is 12.5 Å². The van der Waals surface area contributed by atoms with E-state index in [4.69, 9.17) is 12.2 Å². The molecular formula is C14H17FN2O. The number of nitrogens with one attached hydrogen (secondary N) is 1. The first-order valence-electron chi connectivity index (χ1n) is 5.87. The summed E-state index contributed by atoms with van der Waals surface area (Å²) in [6, 6.07) is 4.27. The molecule has 0 saturated carbocycles. The summed E-state index contributed by atoms with van der Waals surface area (Å²) < 4.78 is 13.6. The van der Waals surface area contributed by atoms with Crippen molar-refractivity contribution in [3.8, 4) is 12.3 Å². The second kappa shape index (κ2) is 7.46. The first kappa shape index (κ1) is 14.2. The van der Waals surface area contributed by atoms with Gasteiger partial charge in [0.05, 0.1) is 0 Å². The third kappa shape index (κ3) is 4.56. The van der Waals surface area contributed by atoms with Gasteiger partial charge in [-0.1, -0.05) is 6.07 Å². The van der Waals surface area contributed by atoms with Crippen LogP contribution in [0.2, 0.25) is 0 Å². The summed E-state index contributed by atoms with van der Waals surface area (Å²) in [6.45, 7) is 1.22. The van der Waals surface area contributed by atoms with Gasteiger partial charge in [0.15, 0.2) is 0 Å². The number of carbonyl (C=O) groups excluding carboxylic acids is 1. The quantitative estimate of drug-likeness (QED) is 0.571. The van der Waals surface area contributed by atoms with E-state index in [9.17, 15) is 9.18 Å². The fourth-order valence-corrected chi connectivity index (χ4v) is 1.54. The van der Waals surface area contributed by atoms with Crippen molar-refractivity contribution in [2.24, 2.45) is 5.73 Å². The van der Waals surface area contributed by atoms with Crippen molar-refractivity contribution in [1.82, 2.24) is 5.32 Å². The number of nitrogens with two attached hydrogens (primary N) is 1. The number of primary amides is 1. The van der Waals surface area contributed by atoms with E-state index in [-0.39, 0.29) is 5.56 Å². The number of carbonyl (C=O) groups is 1. The average Bonchev–Trinajstić information content (AvgIpc) is 2.35. The summed E-state index contributed by atoms with van der Waals surface area (Å²) in [7, 11) is 0. The minimum absolute atomic E-state index is 0.185. The van der Waals surface area contributed by atoms with Crippen LogP contribution in [-0.2, 0) is 6.54 Å². The van der Waals surface area contributed by atoms with Gasteiger partial charge in [-0.2, -0.15) is 0 Å². The van der Waals surface area contributed by atoms with Gasteiger partial charge in [0.2, 0.25) is 5.91 Å². The predicted octanol–water partition coefficient (Wildman–Crippen LogP) is 1.82. The number of benzene rings is 1. The maximum Gasteiger partial charge on any atom is 0.248 e. The Labute approximate surface area is 107 Å². The van der Waals surface area contributed by atoms with Crippen molar-refractivity contribution < 1.29 is 9.18 Å². The minimum atomic E-state index is -0.623. The van der Waals surface area contributed by atoms with Crippen LogP contribution >= 0.6 is 0 Å². The zero-order valence-electron chi connectivity index (χ0n) is 10.2. The van der Waals surface area contributed by atoms with E-state index in [1.807, 2.05) is 0 Å². The number of rotatable bonds is 7. The molecule has 0 saturated heterocycles. The van der Waals surface area contributed by atoms with Gasteiger partial charge in [0, 0.05) is 24.1 Å². The van der Waals surface area contributed by atoms with Crippen LogP contribution in [0.15, 0.2) is 18.2 Å². The number of hydrogen-bond donors (Lipinski definition) is 2. The second-order valence-electron chi connectivity index (χ2n) is 4.01. The van der Waals surface area contributed by atoms with Gasteiger partial charge < -0.3 is 11.1 Å². The lowest BCUT2D eigenvalue weighted by atomic mass is 10.1. The maximum atomic E-state index is 13.6. The first-order chi connectivity index (χ1) is 8.65. The molecule has 0 atom stereocenters. The van der Waals surface area contributed by atoms with Crippen molar-refractivity contribution in [2.75, 3.05) is 6.54 Å². The zero-order valence-corrected chi connectivity index (χ0v) is 10.2. The van der Waals surface area contributed by atoms with Gasteiger partial charge in [-0.05, 0) is 31.5 Å². The highest BCUT2D eigenvalue weighted by Crippen LogP contribution is 2.10. The molecule has 1 aromatic carbocycles. The molecule has 96 valence electrons. The molecule has 0 spiro atoms. The molecule has 3 N–H and O–H groups in total. The fraction of sp³-hybridized carbons (Fsp3) is 0.357. The van der Waals surface area contributed by atoms with Crippen LogP contribution in [0.4, 0.5) is 4.39 Å². The van der Waals surface area contributed by atoms with Gasteiger partial charge >= 0.3 is 0 Å². The second-order valence-corrected chi connectivity index (χ2v) is 4.01. The number of unbranched alkanes of at least 4 members (excludes halogenated alkanes) is 2. The molecular weight excluding hydrogens is 231 g/mol. The van der Waals surface area contributed by atoms with Gasteiger partial charge in [0.25, 0.3) is 0 Å². The van der Waals surface area contributed by atoms with Crippen molar-refractivity contribution >= 4 is 5.91 Å².